The highest BCUT2D eigenvalue weighted by Gasteiger charge is 2.12. The molecule has 0 aliphatic carbocycles. The van der Waals surface area contributed by atoms with E-state index in [1.54, 1.807) is 0 Å². The van der Waals surface area contributed by atoms with Gasteiger partial charge in [0.1, 0.15) is 6.61 Å². The van der Waals surface area contributed by atoms with E-state index in [-0.39, 0.29) is 18.2 Å². The Labute approximate surface area is 119 Å². The van der Waals surface area contributed by atoms with Gasteiger partial charge in [-0.15, -0.1) is 0 Å². The van der Waals surface area contributed by atoms with Gasteiger partial charge in [0.25, 0.3) is 10.1 Å². The van der Waals surface area contributed by atoms with E-state index in [4.69, 9.17) is 4.74 Å². The van der Waals surface area contributed by atoms with Crippen LogP contribution in [0.3, 0.4) is 0 Å². The van der Waals surface area contributed by atoms with Crippen LogP contribution in [-0.4, -0.2) is 24.6 Å². The Morgan fingerprint density at radius 3 is 2.33 bits per heavy atom. The van der Waals surface area contributed by atoms with E-state index in [0.717, 1.165) is 24.6 Å². The van der Waals surface area contributed by atoms with Crippen LogP contribution < -0.4 is 4.74 Å². The summed E-state index contributed by atoms with van der Waals surface area (Å²) in [7, 11) is -3.59. The molecule has 0 saturated heterocycles. The number of para-hydroxylation sites is 1. The van der Waals surface area contributed by atoms with Gasteiger partial charge >= 0.3 is 0 Å². The van der Waals surface area contributed by atoms with Crippen LogP contribution in [-0.2, 0) is 20.9 Å². The lowest BCUT2D eigenvalue weighted by atomic mass is 10.3. The third-order valence-corrected chi connectivity index (χ3v) is 2.77. The Morgan fingerprint density at radius 2 is 1.81 bits per heavy atom. The van der Waals surface area contributed by atoms with Crippen molar-refractivity contribution in [2.24, 2.45) is 0 Å². The van der Waals surface area contributed by atoms with Crippen LogP contribution in [0.25, 0.3) is 0 Å². The van der Waals surface area contributed by atoms with Gasteiger partial charge in [-0.05, 0) is 12.1 Å². The Balaban J connectivity index is 2.09. The zero-order valence-electron chi connectivity index (χ0n) is 10.8. The molecule has 0 amide bonds. The number of halogens is 2. The monoisotopic (exact) mass is 316 g/mol. The van der Waals surface area contributed by atoms with Crippen molar-refractivity contribution in [3.05, 3.63) is 47.9 Å². The number of aromatic nitrogens is 2. The zero-order valence-corrected chi connectivity index (χ0v) is 11.6. The van der Waals surface area contributed by atoms with Crippen molar-refractivity contribution in [2.75, 3.05) is 6.26 Å². The maximum Gasteiger partial charge on any atom is 0.264 e. The van der Waals surface area contributed by atoms with Crippen LogP contribution in [0, 0.1) is 11.6 Å². The van der Waals surface area contributed by atoms with Crippen molar-refractivity contribution in [2.45, 2.75) is 6.61 Å². The van der Waals surface area contributed by atoms with Crippen molar-refractivity contribution in [3.63, 3.8) is 0 Å². The smallest absolute Gasteiger partial charge is 0.264 e. The van der Waals surface area contributed by atoms with E-state index < -0.39 is 27.5 Å². The lowest BCUT2D eigenvalue weighted by Gasteiger charge is -2.07. The van der Waals surface area contributed by atoms with Crippen molar-refractivity contribution in [1.82, 2.24) is 9.97 Å². The molecular weight excluding hydrogens is 306 g/mol. The minimum Gasteiger partial charge on any atom is -0.431 e. The van der Waals surface area contributed by atoms with Crippen molar-refractivity contribution >= 4 is 10.1 Å². The quantitative estimate of drug-likeness (QED) is 0.785. The van der Waals surface area contributed by atoms with Gasteiger partial charge in [-0.2, -0.15) is 8.42 Å². The molecule has 9 heteroatoms. The molecule has 0 aliphatic rings. The topological polar surface area (TPSA) is 78.4 Å². The van der Waals surface area contributed by atoms with E-state index in [9.17, 15) is 17.2 Å². The molecule has 0 atom stereocenters. The standard InChI is InChI=1S/C12H10F2N2O4S/c1-21(17,18)19-7-8-5-16-11(6-15-8)20-12-9(13)3-2-4-10(12)14/h2-6H,7H2,1H3. The van der Waals surface area contributed by atoms with Gasteiger partial charge in [-0.3, -0.25) is 9.17 Å². The number of hydrogen-bond donors (Lipinski definition) is 0. The summed E-state index contributed by atoms with van der Waals surface area (Å²) in [5, 5.41) is 0. The molecule has 2 rings (SSSR count). The first kappa shape index (κ1) is 15.3. The Bertz CT molecular complexity index is 715. The molecule has 0 fully saturated rings. The Morgan fingerprint density at radius 1 is 1.14 bits per heavy atom. The van der Waals surface area contributed by atoms with E-state index in [0.29, 0.717) is 0 Å². The number of ether oxygens (including phenoxy) is 1. The van der Waals surface area contributed by atoms with E-state index in [2.05, 4.69) is 14.2 Å². The molecule has 2 aromatic rings. The van der Waals surface area contributed by atoms with Crippen LogP contribution >= 0.6 is 0 Å². The predicted molar refractivity (Wildman–Crippen MR) is 68.1 cm³/mol. The van der Waals surface area contributed by atoms with Crippen LogP contribution in [0.5, 0.6) is 11.6 Å². The van der Waals surface area contributed by atoms with Gasteiger partial charge in [-0.1, -0.05) is 6.07 Å². The average Bonchev–Trinajstić information content (AvgIpc) is 2.41. The summed E-state index contributed by atoms with van der Waals surface area (Å²) in [5.41, 5.74) is 0.224. The van der Waals surface area contributed by atoms with Crippen molar-refractivity contribution in [3.8, 4) is 11.6 Å². The molecule has 0 bridgehead atoms. The highest BCUT2D eigenvalue weighted by Crippen LogP contribution is 2.25. The van der Waals surface area contributed by atoms with Crippen LogP contribution in [0.4, 0.5) is 8.78 Å². The number of hydrogen-bond acceptors (Lipinski definition) is 6. The summed E-state index contributed by atoms with van der Waals surface area (Å²) in [4.78, 5) is 7.58. The highest BCUT2D eigenvalue weighted by atomic mass is 32.2. The molecule has 0 radical (unpaired) electrons. The summed E-state index contributed by atoms with van der Waals surface area (Å²) in [5.74, 6) is -2.48. The van der Waals surface area contributed by atoms with E-state index in [1.165, 1.54) is 12.3 Å². The molecule has 21 heavy (non-hydrogen) atoms. The fraction of sp³-hybridized carbons (Fsp3) is 0.167. The fourth-order valence-corrected chi connectivity index (χ4v) is 1.66. The molecule has 0 unspecified atom stereocenters. The first-order chi connectivity index (χ1) is 9.85. The third-order valence-electron chi connectivity index (χ3n) is 2.23. The Kier molecular flexibility index (Phi) is 4.43. The van der Waals surface area contributed by atoms with E-state index in [1.807, 2.05) is 0 Å². The first-order valence-electron chi connectivity index (χ1n) is 5.62. The van der Waals surface area contributed by atoms with Gasteiger partial charge < -0.3 is 4.74 Å². The van der Waals surface area contributed by atoms with Gasteiger partial charge in [0.05, 0.1) is 24.3 Å². The second-order valence-electron chi connectivity index (χ2n) is 3.97. The maximum absolute atomic E-state index is 13.4. The summed E-state index contributed by atoms with van der Waals surface area (Å²) < 4.78 is 57.8. The predicted octanol–water partition coefficient (Wildman–Crippen LogP) is 2.02. The van der Waals surface area contributed by atoms with Gasteiger partial charge in [-0.25, -0.2) is 13.8 Å². The van der Waals surface area contributed by atoms with Crippen LogP contribution in [0.1, 0.15) is 5.69 Å². The average molecular weight is 316 g/mol. The molecular formula is C12H10F2N2O4S. The second-order valence-corrected chi connectivity index (χ2v) is 5.61. The zero-order chi connectivity index (χ0) is 15.5. The normalized spacial score (nSPS) is 11.4. The molecule has 1 heterocycles. The lowest BCUT2D eigenvalue weighted by Crippen LogP contribution is -2.04. The summed E-state index contributed by atoms with van der Waals surface area (Å²) in [6.07, 6.45) is 3.19. The third kappa shape index (κ3) is 4.43. The maximum atomic E-state index is 13.4. The SMILES string of the molecule is CS(=O)(=O)OCc1cnc(Oc2c(F)cccc2F)cn1. The van der Waals surface area contributed by atoms with Crippen LogP contribution in [0.2, 0.25) is 0 Å². The van der Waals surface area contributed by atoms with Gasteiger partial charge in [0.2, 0.25) is 11.6 Å². The van der Waals surface area contributed by atoms with Gasteiger partial charge in [0.15, 0.2) is 11.6 Å². The van der Waals surface area contributed by atoms with Crippen molar-refractivity contribution < 1.29 is 26.1 Å². The summed E-state index contributed by atoms with van der Waals surface area (Å²) in [6.45, 7) is -0.291. The van der Waals surface area contributed by atoms with E-state index >= 15 is 0 Å². The second kappa shape index (κ2) is 6.10. The molecule has 0 N–H and O–H groups in total. The molecule has 0 saturated carbocycles. The number of benzene rings is 1. The Hall–Kier alpha value is -2.13. The lowest BCUT2D eigenvalue weighted by molar-refractivity contribution is 0.305. The molecule has 0 spiro atoms. The molecule has 1 aromatic heterocycles. The minimum atomic E-state index is -3.59. The highest BCUT2D eigenvalue weighted by molar-refractivity contribution is 7.85. The minimum absolute atomic E-state index is 0.137. The first-order valence-corrected chi connectivity index (χ1v) is 7.44. The summed E-state index contributed by atoms with van der Waals surface area (Å²) in [6, 6.07) is 3.29. The number of nitrogens with zero attached hydrogens (tertiary/aromatic N) is 2. The van der Waals surface area contributed by atoms with Crippen molar-refractivity contribution in [1.29, 1.82) is 0 Å². The summed E-state index contributed by atoms with van der Waals surface area (Å²) >= 11 is 0. The molecule has 1 aromatic carbocycles. The molecule has 6 nitrogen and oxygen atoms in total. The van der Waals surface area contributed by atoms with Crippen LogP contribution in [0.15, 0.2) is 30.6 Å². The van der Waals surface area contributed by atoms with Gasteiger partial charge in [0, 0.05) is 0 Å². The largest absolute Gasteiger partial charge is 0.431 e. The molecule has 112 valence electrons. The fourth-order valence-electron chi connectivity index (χ4n) is 1.32. The molecule has 0 aliphatic heterocycles. The number of rotatable bonds is 5.